The van der Waals surface area contributed by atoms with Crippen molar-refractivity contribution in [3.63, 3.8) is 0 Å². The molecule has 2 nitrogen and oxygen atoms in total. The van der Waals surface area contributed by atoms with E-state index in [9.17, 15) is 5.11 Å². The molecule has 0 radical (unpaired) electrons. The van der Waals surface area contributed by atoms with Gasteiger partial charge in [-0.2, -0.15) is 0 Å². The average molecular weight is 320 g/mol. The standard InChI is InChI=1S/C10H8Br2O2/c1-2-5-10(13)7-4-3-6(14-7)8(11)9(10)12/h3-4,6-7,13H,1H3/t6-,7+,10-/m1/s1. The van der Waals surface area contributed by atoms with Crippen LogP contribution in [0.15, 0.2) is 21.1 Å². The number of hydrogen-bond donors (Lipinski definition) is 1. The summed E-state index contributed by atoms with van der Waals surface area (Å²) in [5, 5.41) is 10.3. The molecular weight excluding hydrogens is 312 g/mol. The molecule has 0 aromatic carbocycles. The highest BCUT2D eigenvalue weighted by molar-refractivity contribution is 9.14. The van der Waals surface area contributed by atoms with Gasteiger partial charge in [-0.1, -0.05) is 49.9 Å². The van der Waals surface area contributed by atoms with Crippen molar-refractivity contribution < 1.29 is 9.84 Å². The summed E-state index contributed by atoms with van der Waals surface area (Å²) >= 11 is 6.74. The van der Waals surface area contributed by atoms with E-state index < -0.39 is 5.60 Å². The zero-order chi connectivity index (χ0) is 10.3. The van der Waals surface area contributed by atoms with Crippen molar-refractivity contribution in [1.29, 1.82) is 0 Å². The number of ether oxygens (including phenoxy) is 1. The Morgan fingerprint density at radius 1 is 1.50 bits per heavy atom. The zero-order valence-electron chi connectivity index (χ0n) is 7.42. The van der Waals surface area contributed by atoms with Crippen LogP contribution in [-0.2, 0) is 4.74 Å². The van der Waals surface area contributed by atoms with Gasteiger partial charge in [-0.15, -0.1) is 5.92 Å². The van der Waals surface area contributed by atoms with Crippen LogP contribution in [0, 0.1) is 11.8 Å². The van der Waals surface area contributed by atoms with E-state index >= 15 is 0 Å². The van der Waals surface area contributed by atoms with Crippen molar-refractivity contribution in [3.8, 4) is 11.8 Å². The van der Waals surface area contributed by atoms with Gasteiger partial charge in [-0.25, -0.2) is 0 Å². The molecule has 0 spiro atoms. The molecule has 0 amide bonds. The van der Waals surface area contributed by atoms with Gasteiger partial charge in [0.25, 0.3) is 0 Å². The number of fused-ring (bicyclic) bond motifs is 2. The lowest BCUT2D eigenvalue weighted by molar-refractivity contribution is -0.0364. The molecule has 2 rings (SSSR count). The molecular formula is C10H8Br2O2. The smallest absolute Gasteiger partial charge is 0.188 e. The first-order valence-corrected chi connectivity index (χ1v) is 5.74. The molecule has 0 saturated heterocycles. The fourth-order valence-corrected chi connectivity index (χ4v) is 2.69. The molecule has 0 aliphatic carbocycles. The molecule has 2 aliphatic rings. The molecule has 1 N–H and O–H groups in total. The molecule has 2 heterocycles. The predicted molar refractivity (Wildman–Crippen MR) is 61.1 cm³/mol. The first kappa shape index (κ1) is 10.4. The molecule has 3 atom stereocenters. The van der Waals surface area contributed by atoms with Crippen LogP contribution < -0.4 is 0 Å². The first-order chi connectivity index (χ1) is 6.59. The van der Waals surface area contributed by atoms with E-state index in [1.807, 2.05) is 12.2 Å². The highest BCUT2D eigenvalue weighted by Gasteiger charge is 2.47. The van der Waals surface area contributed by atoms with E-state index in [4.69, 9.17) is 4.74 Å². The van der Waals surface area contributed by atoms with Gasteiger partial charge < -0.3 is 9.84 Å². The summed E-state index contributed by atoms with van der Waals surface area (Å²) in [6.45, 7) is 1.69. The van der Waals surface area contributed by atoms with Gasteiger partial charge in [0.05, 0.1) is 4.48 Å². The van der Waals surface area contributed by atoms with E-state index in [0.29, 0.717) is 4.48 Å². The minimum atomic E-state index is -1.25. The maximum Gasteiger partial charge on any atom is 0.188 e. The van der Waals surface area contributed by atoms with Crippen LogP contribution in [0.4, 0.5) is 0 Å². The van der Waals surface area contributed by atoms with E-state index in [1.165, 1.54) is 0 Å². The molecule has 0 saturated carbocycles. The predicted octanol–water partition coefficient (Wildman–Crippen LogP) is 2.08. The van der Waals surface area contributed by atoms with Gasteiger partial charge in [0, 0.05) is 4.48 Å². The lowest BCUT2D eigenvalue weighted by Gasteiger charge is -2.34. The van der Waals surface area contributed by atoms with Gasteiger partial charge in [0.2, 0.25) is 0 Å². The van der Waals surface area contributed by atoms with Crippen LogP contribution in [0.3, 0.4) is 0 Å². The van der Waals surface area contributed by atoms with Gasteiger partial charge in [0.1, 0.15) is 12.2 Å². The van der Waals surface area contributed by atoms with Gasteiger partial charge in [0.15, 0.2) is 5.60 Å². The van der Waals surface area contributed by atoms with Crippen LogP contribution in [-0.4, -0.2) is 22.9 Å². The van der Waals surface area contributed by atoms with Gasteiger partial charge in [-0.3, -0.25) is 0 Å². The third-order valence-corrected chi connectivity index (χ3v) is 4.69. The third-order valence-electron chi connectivity index (χ3n) is 2.28. The lowest BCUT2D eigenvalue weighted by Crippen LogP contribution is -2.45. The van der Waals surface area contributed by atoms with Crippen molar-refractivity contribution in [3.05, 3.63) is 21.1 Å². The lowest BCUT2D eigenvalue weighted by atomic mass is 9.96. The average Bonchev–Trinajstić information content (AvgIpc) is 2.61. The fourth-order valence-electron chi connectivity index (χ4n) is 1.58. The summed E-state index contributed by atoms with van der Waals surface area (Å²) in [6.07, 6.45) is 3.28. The Labute approximate surface area is 99.3 Å². The van der Waals surface area contributed by atoms with E-state index in [-0.39, 0.29) is 12.2 Å². The Morgan fingerprint density at radius 3 is 2.86 bits per heavy atom. The maximum absolute atomic E-state index is 10.3. The summed E-state index contributed by atoms with van der Waals surface area (Å²) in [5.74, 6) is 5.48. The molecule has 14 heavy (non-hydrogen) atoms. The first-order valence-electron chi connectivity index (χ1n) is 4.15. The Kier molecular flexibility index (Phi) is 2.61. The number of halogens is 2. The normalized spacial score (nSPS) is 39.7. The second kappa shape index (κ2) is 3.49. The second-order valence-electron chi connectivity index (χ2n) is 3.17. The molecule has 4 heteroatoms. The highest BCUT2D eigenvalue weighted by atomic mass is 79.9. The number of rotatable bonds is 0. The quantitative estimate of drug-likeness (QED) is 0.547. The van der Waals surface area contributed by atoms with Crippen LogP contribution in [0.2, 0.25) is 0 Å². The number of hydrogen-bond acceptors (Lipinski definition) is 2. The van der Waals surface area contributed by atoms with E-state index in [1.54, 1.807) is 6.92 Å². The monoisotopic (exact) mass is 318 g/mol. The second-order valence-corrected chi connectivity index (χ2v) is 4.81. The summed E-state index contributed by atoms with van der Waals surface area (Å²) < 4.78 is 7.01. The Bertz CT molecular complexity index is 389. The van der Waals surface area contributed by atoms with E-state index in [0.717, 1.165) is 4.48 Å². The number of aliphatic hydroxyl groups is 1. The third kappa shape index (κ3) is 1.31. The van der Waals surface area contributed by atoms with Crippen molar-refractivity contribution in [2.75, 3.05) is 0 Å². The molecule has 0 unspecified atom stereocenters. The fraction of sp³-hybridized carbons (Fsp3) is 0.400. The minimum absolute atomic E-state index is 0.0895. The Morgan fingerprint density at radius 2 is 2.21 bits per heavy atom. The topological polar surface area (TPSA) is 29.5 Å². The minimum Gasteiger partial charge on any atom is -0.370 e. The summed E-state index contributed by atoms with van der Waals surface area (Å²) in [5.41, 5.74) is -1.25. The van der Waals surface area contributed by atoms with Crippen LogP contribution in [0.1, 0.15) is 6.92 Å². The summed E-state index contributed by atoms with van der Waals surface area (Å²) in [7, 11) is 0. The highest BCUT2D eigenvalue weighted by Crippen LogP contribution is 2.44. The van der Waals surface area contributed by atoms with Crippen LogP contribution in [0.5, 0.6) is 0 Å². The Hall–Kier alpha value is -0.0800. The van der Waals surface area contributed by atoms with Crippen molar-refractivity contribution in [2.24, 2.45) is 0 Å². The van der Waals surface area contributed by atoms with Crippen LogP contribution >= 0.6 is 31.9 Å². The zero-order valence-corrected chi connectivity index (χ0v) is 10.6. The van der Waals surface area contributed by atoms with Crippen molar-refractivity contribution in [1.82, 2.24) is 0 Å². The van der Waals surface area contributed by atoms with Gasteiger partial charge >= 0.3 is 0 Å². The van der Waals surface area contributed by atoms with E-state index in [2.05, 4.69) is 43.7 Å². The SMILES string of the molecule is CC#C[C@]1(O)C(Br)=C(Br)[C@H]2C=C[C@@H]1O2. The molecule has 74 valence electrons. The Balaban J connectivity index is 2.55. The molecule has 0 fully saturated rings. The van der Waals surface area contributed by atoms with Crippen molar-refractivity contribution in [2.45, 2.75) is 24.7 Å². The summed E-state index contributed by atoms with van der Waals surface area (Å²) in [6, 6.07) is 0. The maximum atomic E-state index is 10.3. The molecule has 2 aliphatic heterocycles. The summed E-state index contributed by atoms with van der Waals surface area (Å²) in [4.78, 5) is 0. The van der Waals surface area contributed by atoms with Gasteiger partial charge in [-0.05, 0) is 6.92 Å². The largest absolute Gasteiger partial charge is 0.370 e. The molecule has 2 bridgehead atoms. The molecule has 0 aromatic rings. The van der Waals surface area contributed by atoms with Crippen LogP contribution in [0.25, 0.3) is 0 Å². The van der Waals surface area contributed by atoms with Crippen molar-refractivity contribution >= 4 is 31.9 Å². The molecule has 0 aromatic heterocycles.